The first-order valence-corrected chi connectivity index (χ1v) is 10.9. The van der Waals surface area contributed by atoms with Crippen molar-refractivity contribution in [3.63, 3.8) is 0 Å². The molecule has 0 radical (unpaired) electrons. The number of furan rings is 1. The van der Waals surface area contributed by atoms with Crippen LogP contribution in [0.25, 0.3) is 32.8 Å². The van der Waals surface area contributed by atoms with Gasteiger partial charge in [0.2, 0.25) is 0 Å². The number of anilines is 1. The first-order valence-electron chi connectivity index (χ1n) is 10.0. The number of aromatic nitrogens is 1. The fourth-order valence-electron chi connectivity index (χ4n) is 3.65. The topological polar surface area (TPSA) is 55.1 Å². The minimum atomic E-state index is -0.253. The molecule has 0 saturated carbocycles. The Hall–Kier alpha value is -3.70. The number of thiazole rings is 1. The molecule has 0 aliphatic rings. The molecule has 1 amide bonds. The summed E-state index contributed by atoms with van der Waals surface area (Å²) in [4.78, 5) is 17.5. The van der Waals surface area contributed by atoms with Gasteiger partial charge in [-0.15, -0.1) is 11.3 Å². The summed E-state index contributed by atoms with van der Waals surface area (Å²) in [5, 5.41) is 6.95. The molecule has 5 heteroatoms. The second kappa shape index (κ2) is 7.85. The molecule has 31 heavy (non-hydrogen) atoms. The second-order valence-electron chi connectivity index (χ2n) is 7.44. The highest BCUT2D eigenvalue weighted by Gasteiger charge is 2.17. The van der Waals surface area contributed by atoms with E-state index in [0.29, 0.717) is 17.0 Å². The Bertz CT molecular complexity index is 1400. The molecule has 2 heterocycles. The van der Waals surface area contributed by atoms with Gasteiger partial charge in [-0.25, -0.2) is 4.98 Å². The monoisotopic (exact) mass is 424 g/mol. The highest BCUT2D eigenvalue weighted by molar-refractivity contribution is 7.13. The van der Waals surface area contributed by atoms with Gasteiger partial charge in [-0.05, 0) is 37.6 Å². The summed E-state index contributed by atoms with van der Waals surface area (Å²) in [6.45, 7) is 4.00. The van der Waals surface area contributed by atoms with E-state index in [4.69, 9.17) is 9.40 Å². The summed E-state index contributed by atoms with van der Waals surface area (Å²) in [6, 6.07) is 23.6. The van der Waals surface area contributed by atoms with Crippen molar-refractivity contribution < 1.29 is 9.21 Å². The maximum Gasteiger partial charge on any atom is 0.291 e. The molecule has 0 saturated heterocycles. The van der Waals surface area contributed by atoms with Gasteiger partial charge in [-0.1, -0.05) is 54.6 Å². The molecule has 3 aromatic carbocycles. The molecule has 0 spiro atoms. The Morgan fingerprint density at radius 1 is 0.935 bits per heavy atom. The number of fused-ring (bicyclic) bond motifs is 1. The van der Waals surface area contributed by atoms with E-state index in [1.165, 1.54) is 5.56 Å². The van der Waals surface area contributed by atoms with Crippen LogP contribution in [0.5, 0.6) is 0 Å². The summed E-state index contributed by atoms with van der Waals surface area (Å²) in [5.74, 6) is 0.0876. The minimum absolute atomic E-state index is 0.253. The number of hydrogen-bond donors (Lipinski definition) is 1. The van der Waals surface area contributed by atoms with Crippen LogP contribution in [-0.4, -0.2) is 10.9 Å². The molecule has 0 unspecified atom stereocenters. The van der Waals surface area contributed by atoms with Crippen LogP contribution in [0.3, 0.4) is 0 Å². The van der Waals surface area contributed by atoms with E-state index in [1.54, 1.807) is 11.3 Å². The normalized spacial score (nSPS) is 11.0. The predicted molar refractivity (Wildman–Crippen MR) is 127 cm³/mol. The zero-order chi connectivity index (χ0) is 21.4. The molecule has 0 fully saturated rings. The quantitative estimate of drug-likeness (QED) is 0.335. The van der Waals surface area contributed by atoms with E-state index in [1.807, 2.05) is 67.6 Å². The summed E-state index contributed by atoms with van der Waals surface area (Å²) in [7, 11) is 0. The van der Waals surface area contributed by atoms with Gasteiger partial charge in [0.05, 0.1) is 5.69 Å². The van der Waals surface area contributed by atoms with E-state index in [9.17, 15) is 4.79 Å². The second-order valence-corrected chi connectivity index (χ2v) is 8.29. The predicted octanol–water partition coefficient (Wildman–Crippen LogP) is 7.09. The van der Waals surface area contributed by atoms with Crippen LogP contribution in [0.1, 0.15) is 21.7 Å². The van der Waals surface area contributed by atoms with Gasteiger partial charge in [0, 0.05) is 33.1 Å². The summed E-state index contributed by atoms with van der Waals surface area (Å²) in [6.07, 6.45) is 0. The highest BCUT2D eigenvalue weighted by Crippen LogP contribution is 2.31. The van der Waals surface area contributed by atoms with Crippen molar-refractivity contribution in [1.82, 2.24) is 4.98 Å². The highest BCUT2D eigenvalue weighted by atomic mass is 32.1. The van der Waals surface area contributed by atoms with Crippen molar-refractivity contribution in [1.29, 1.82) is 0 Å². The SMILES string of the molecule is Cc1ccccc1-c1nc(-c2ccc(NC(=O)c3oc4ccccc4c3C)cc2)cs1. The van der Waals surface area contributed by atoms with E-state index in [-0.39, 0.29) is 5.91 Å². The van der Waals surface area contributed by atoms with Gasteiger partial charge in [-0.3, -0.25) is 4.79 Å². The number of nitrogens with one attached hydrogen (secondary N) is 1. The van der Waals surface area contributed by atoms with Crippen molar-refractivity contribution in [2.24, 2.45) is 0 Å². The Labute approximate surface area is 184 Å². The number of rotatable bonds is 4. The maximum atomic E-state index is 12.7. The number of carbonyl (C=O) groups is 1. The molecule has 0 aliphatic heterocycles. The van der Waals surface area contributed by atoms with Gasteiger partial charge in [-0.2, -0.15) is 0 Å². The van der Waals surface area contributed by atoms with Crippen molar-refractivity contribution in [3.05, 3.63) is 95.1 Å². The fourth-order valence-corrected chi connectivity index (χ4v) is 4.57. The van der Waals surface area contributed by atoms with Gasteiger partial charge in [0.1, 0.15) is 10.6 Å². The first-order chi connectivity index (χ1) is 15.1. The molecule has 0 atom stereocenters. The van der Waals surface area contributed by atoms with Gasteiger partial charge in [0.15, 0.2) is 5.76 Å². The van der Waals surface area contributed by atoms with Crippen molar-refractivity contribution in [2.75, 3.05) is 5.32 Å². The average Bonchev–Trinajstić information content (AvgIpc) is 3.40. The number of aryl methyl sites for hydroxylation is 2. The molecule has 5 rings (SSSR count). The van der Waals surface area contributed by atoms with E-state index >= 15 is 0 Å². The van der Waals surface area contributed by atoms with Crippen LogP contribution in [0, 0.1) is 13.8 Å². The number of amides is 1. The van der Waals surface area contributed by atoms with Crippen LogP contribution >= 0.6 is 11.3 Å². The Balaban J connectivity index is 1.35. The lowest BCUT2D eigenvalue weighted by Crippen LogP contribution is -2.11. The smallest absolute Gasteiger partial charge is 0.291 e. The van der Waals surface area contributed by atoms with E-state index in [2.05, 4.69) is 29.8 Å². The number of nitrogens with zero attached hydrogens (tertiary/aromatic N) is 1. The number of benzene rings is 3. The lowest BCUT2D eigenvalue weighted by molar-refractivity contribution is 0.0998. The Morgan fingerprint density at radius 2 is 1.68 bits per heavy atom. The summed E-state index contributed by atoms with van der Waals surface area (Å²) < 4.78 is 5.76. The number of para-hydroxylation sites is 1. The molecule has 5 aromatic rings. The molecular weight excluding hydrogens is 404 g/mol. The lowest BCUT2D eigenvalue weighted by Gasteiger charge is -2.05. The zero-order valence-corrected chi connectivity index (χ0v) is 18.0. The zero-order valence-electron chi connectivity index (χ0n) is 17.2. The van der Waals surface area contributed by atoms with Crippen LogP contribution in [0.2, 0.25) is 0 Å². The lowest BCUT2D eigenvalue weighted by atomic mass is 10.1. The van der Waals surface area contributed by atoms with E-state index < -0.39 is 0 Å². The average molecular weight is 425 g/mol. The largest absolute Gasteiger partial charge is 0.451 e. The molecule has 2 aromatic heterocycles. The van der Waals surface area contributed by atoms with Crippen LogP contribution in [0.4, 0.5) is 5.69 Å². The molecule has 1 N–H and O–H groups in total. The van der Waals surface area contributed by atoms with Crippen LogP contribution in [0.15, 0.2) is 82.6 Å². The molecule has 0 bridgehead atoms. The Morgan fingerprint density at radius 3 is 2.45 bits per heavy atom. The van der Waals surface area contributed by atoms with Gasteiger partial charge in [0.25, 0.3) is 5.91 Å². The molecule has 0 aliphatic carbocycles. The molecule has 4 nitrogen and oxygen atoms in total. The van der Waals surface area contributed by atoms with Crippen molar-refractivity contribution in [2.45, 2.75) is 13.8 Å². The molecular formula is C26H20N2O2S. The van der Waals surface area contributed by atoms with Crippen molar-refractivity contribution in [3.8, 4) is 21.8 Å². The van der Waals surface area contributed by atoms with Crippen LogP contribution < -0.4 is 5.32 Å². The van der Waals surface area contributed by atoms with Crippen molar-refractivity contribution >= 4 is 33.9 Å². The number of carbonyl (C=O) groups excluding carboxylic acids is 1. The summed E-state index contributed by atoms with van der Waals surface area (Å²) >= 11 is 1.63. The van der Waals surface area contributed by atoms with Gasteiger partial charge >= 0.3 is 0 Å². The fraction of sp³-hybridized carbons (Fsp3) is 0.0769. The van der Waals surface area contributed by atoms with E-state index in [0.717, 1.165) is 32.8 Å². The first kappa shape index (κ1) is 19.3. The Kier molecular flexibility index (Phi) is 4.88. The standard InChI is InChI=1S/C26H20N2O2S/c1-16-7-3-4-8-20(16)26-28-22(15-31-26)18-11-13-19(14-12-18)27-25(29)24-17(2)21-9-5-6-10-23(21)30-24/h3-15H,1-2H3,(H,27,29). The van der Waals surface area contributed by atoms with Gasteiger partial charge < -0.3 is 9.73 Å². The van der Waals surface area contributed by atoms with Crippen LogP contribution in [-0.2, 0) is 0 Å². The third kappa shape index (κ3) is 3.64. The number of hydrogen-bond acceptors (Lipinski definition) is 4. The molecule has 152 valence electrons. The summed E-state index contributed by atoms with van der Waals surface area (Å²) in [5.41, 5.74) is 6.57. The third-order valence-corrected chi connectivity index (χ3v) is 6.24. The maximum absolute atomic E-state index is 12.7. The third-order valence-electron chi connectivity index (χ3n) is 5.37. The minimum Gasteiger partial charge on any atom is -0.451 e.